The van der Waals surface area contributed by atoms with Crippen molar-refractivity contribution in [3.05, 3.63) is 30.3 Å². The van der Waals surface area contributed by atoms with Crippen molar-refractivity contribution in [3.63, 3.8) is 0 Å². The van der Waals surface area contributed by atoms with Gasteiger partial charge in [-0.05, 0) is 0 Å². The second kappa shape index (κ2) is 4.15. The average molecular weight is 336 g/mol. The molecule has 0 nitrogen and oxygen atoms in total. The summed E-state index contributed by atoms with van der Waals surface area (Å²) in [5.74, 6) is 0. The second-order valence-corrected chi connectivity index (χ2v) is 12.3. The summed E-state index contributed by atoms with van der Waals surface area (Å²) < 4.78 is 1.69. The van der Waals surface area contributed by atoms with Crippen LogP contribution in [0.3, 0.4) is 0 Å². The molecule has 1 aromatic rings. The van der Waals surface area contributed by atoms with Gasteiger partial charge in [0.25, 0.3) is 0 Å². The Hall–Kier alpha value is 0.508. The van der Waals surface area contributed by atoms with Crippen molar-refractivity contribution in [2.45, 2.75) is 22.5 Å². The Kier molecular flexibility index (Phi) is 3.66. The predicted octanol–water partition coefficient (Wildman–Crippen LogP) is -0.620. The van der Waals surface area contributed by atoms with Crippen molar-refractivity contribution in [1.29, 1.82) is 0 Å². The zero-order chi connectivity index (χ0) is 7.73. The quantitative estimate of drug-likeness (QED) is 0.474. The fraction of sp³-hybridized carbons (Fsp3) is 0.400. The summed E-state index contributed by atoms with van der Waals surface area (Å²) >= 11 is -1.20. The predicted molar refractivity (Wildman–Crippen MR) is 51.9 cm³/mol. The van der Waals surface area contributed by atoms with Gasteiger partial charge in [0, 0.05) is 0 Å². The third-order valence-electron chi connectivity index (χ3n) is 2.68. The number of hydrogen-bond donors (Lipinski definition) is 0. The van der Waals surface area contributed by atoms with Gasteiger partial charge >= 0.3 is 70.8 Å². The Morgan fingerprint density at radius 3 is 2.08 bits per heavy atom. The van der Waals surface area contributed by atoms with E-state index in [-0.39, 0.29) is 24.0 Å². The van der Waals surface area contributed by atoms with Crippen molar-refractivity contribution in [1.82, 2.24) is 0 Å². The van der Waals surface area contributed by atoms with E-state index in [1.54, 1.807) is 14.8 Å². The van der Waals surface area contributed by atoms with E-state index in [1.807, 2.05) is 0 Å². The molecular weight excluding hydrogens is 322 g/mol. The molecular formula is C10H14AsI. The van der Waals surface area contributed by atoms with Crippen LogP contribution in [0, 0.1) is 0 Å². The van der Waals surface area contributed by atoms with E-state index < -0.39 is 13.6 Å². The van der Waals surface area contributed by atoms with Gasteiger partial charge in [-0.25, -0.2) is 0 Å². The van der Waals surface area contributed by atoms with Gasteiger partial charge in [0.15, 0.2) is 0 Å². The van der Waals surface area contributed by atoms with Crippen LogP contribution in [0.1, 0.15) is 6.42 Å². The van der Waals surface area contributed by atoms with E-state index in [0.29, 0.717) is 0 Å². The summed E-state index contributed by atoms with van der Waals surface area (Å²) in [5.41, 5.74) is 2.54. The normalized spacial score (nSPS) is 19.1. The minimum absolute atomic E-state index is 0. The van der Waals surface area contributed by atoms with E-state index in [4.69, 9.17) is 0 Å². The third kappa shape index (κ3) is 1.88. The fourth-order valence-electron chi connectivity index (χ4n) is 1.68. The van der Waals surface area contributed by atoms with E-state index in [9.17, 15) is 0 Å². The minimum Gasteiger partial charge on any atom is -1.00 e. The third-order valence-corrected chi connectivity index (χ3v) is 11.4. The van der Waals surface area contributed by atoms with Gasteiger partial charge in [-0.3, -0.25) is 0 Å². The number of rotatable bonds is 1. The zero-order valence-corrected chi connectivity index (χ0v) is 11.4. The minimum atomic E-state index is -1.20. The van der Waals surface area contributed by atoms with Crippen molar-refractivity contribution in [2.75, 3.05) is 0 Å². The fourth-order valence-corrected chi connectivity index (χ4v) is 7.29. The van der Waals surface area contributed by atoms with Crippen LogP contribution < -0.4 is 28.3 Å². The molecule has 0 bridgehead atoms. The molecule has 0 saturated carbocycles. The number of halogens is 1. The smallest absolute Gasteiger partial charge is 1.00 e. The second-order valence-electron chi connectivity index (χ2n) is 3.53. The Balaban J connectivity index is 0.000000720. The van der Waals surface area contributed by atoms with Gasteiger partial charge in [0.05, 0.1) is 0 Å². The van der Waals surface area contributed by atoms with E-state index >= 15 is 0 Å². The molecule has 2 heteroatoms. The first-order chi connectivity index (χ1) is 5.31. The van der Waals surface area contributed by atoms with E-state index in [2.05, 4.69) is 36.0 Å². The maximum atomic E-state index is 2.54. The first-order valence-electron chi connectivity index (χ1n) is 4.21. The molecule has 2 rings (SSSR count). The van der Waals surface area contributed by atoms with E-state index in [0.717, 1.165) is 0 Å². The van der Waals surface area contributed by atoms with Crippen LogP contribution in [0.4, 0.5) is 0 Å². The summed E-state index contributed by atoms with van der Waals surface area (Å²) in [6.07, 6.45) is 1.48. The monoisotopic (exact) mass is 336 g/mol. The molecule has 1 heterocycles. The SMILES string of the molecule is C[As+]1(c2ccccc2)CCC1.[I-]. The molecule has 0 aliphatic carbocycles. The molecule has 1 aliphatic heterocycles. The standard InChI is InChI=1S/C10H14As.HI/c1-11(8-5-9-11)10-6-3-2-4-7-10;/h2-4,6-7H,5,8-9H2,1H3;1H/q+1;/p-1. The summed E-state index contributed by atoms with van der Waals surface area (Å²) in [6.45, 7) is 0. The van der Waals surface area contributed by atoms with Gasteiger partial charge in [-0.1, -0.05) is 0 Å². The van der Waals surface area contributed by atoms with Crippen LogP contribution in [0.25, 0.3) is 0 Å². The molecule has 1 aromatic carbocycles. The Morgan fingerprint density at radius 2 is 1.67 bits per heavy atom. The van der Waals surface area contributed by atoms with Crippen LogP contribution in [0.5, 0.6) is 0 Å². The molecule has 0 aromatic heterocycles. The van der Waals surface area contributed by atoms with Crippen molar-refractivity contribution < 1.29 is 24.0 Å². The molecule has 1 saturated heterocycles. The topological polar surface area (TPSA) is 0 Å². The summed E-state index contributed by atoms with van der Waals surface area (Å²) in [5, 5.41) is 3.09. The molecule has 12 heavy (non-hydrogen) atoms. The maximum Gasteiger partial charge on any atom is -1.00 e. The van der Waals surface area contributed by atoms with Gasteiger partial charge in [-0.15, -0.1) is 0 Å². The van der Waals surface area contributed by atoms with Crippen LogP contribution >= 0.6 is 0 Å². The molecule has 0 spiro atoms. The van der Waals surface area contributed by atoms with Crippen molar-refractivity contribution in [3.8, 4) is 0 Å². The largest absolute Gasteiger partial charge is 1.00 e. The van der Waals surface area contributed by atoms with Gasteiger partial charge < -0.3 is 24.0 Å². The van der Waals surface area contributed by atoms with Crippen LogP contribution in [0.2, 0.25) is 16.1 Å². The molecule has 0 unspecified atom stereocenters. The van der Waals surface area contributed by atoms with Crippen LogP contribution in [-0.4, -0.2) is 13.6 Å². The van der Waals surface area contributed by atoms with Gasteiger partial charge in [0.1, 0.15) is 0 Å². The first kappa shape index (κ1) is 10.6. The molecule has 1 fully saturated rings. The van der Waals surface area contributed by atoms with Crippen molar-refractivity contribution in [2.24, 2.45) is 0 Å². The maximum absolute atomic E-state index is 2.54. The van der Waals surface area contributed by atoms with Gasteiger partial charge in [-0.2, -0.15) is 0 Å². The Morgan fingerprint density at radius 1 is 1.08 bits per heavy atom. The van der Waals surface area contributed by atoms with Crippen LogP contribution in [-0.2, 0) is 0 Å². The Bertz CT molecular complexity index is 241. The van der Waals surface area contributed by atoms with Gasteiger partial charge in [0.2, 0.25) is 0 Å². The van der Waals surface area contributed by atoms with E-state index in [1.165, 1.54) is 6.42 Å². The summed E-state index contributed by atoms with van der Waals surface area (Å²) in [6, 6.07) is 11.1. The molecule has 0 radical (unpaired) electrons. The molecule has 1 aliphatic rings. The molecule has 0 atom stereocenters. The Labute approximate surface area is 94.2 Å². The first-order valence-corrected chi connectivity index (χ1v) is 9.68. The molecule has 66 valence electrons. The summed E-state index contributed by atoms with van der Waals surface area (Å²) in [4.78, 5) is 0. The molecule has 0 N–H and O–H groups in total. The van der Waals surface area contributed by atoms with Crippen LogP contribution in [0.15, 0.2) is 30.3 Å². The average Bonchev–Trinajstić information content (AvgIpc) is 2.02. The van der Waals surface area contributed by atoms with Crippen molar-refractivity contribution >= 4 is 17.9 Å². The summed E-state index contributed by atoms with van der Waals surface area (Å²) in [7, 11) is 0. The number of hydrogen-bond acceptors (Lipinski definition) is 0. The zero-order valence-electron chi connectivity index (χ0n) is 7.33. The molecule has 0 amide bonds. The number of benzene rings is 1.